The van der Waals surface area contributed by atoms with Crippen LogP contribution in [0, 0.1) is 0 Å². The molecule has 2 N–H and O–H groups in total. The zero-order valence-electron chi connectivity index (χ0n) is 6.92. The molecular formula is C10H10O3. The molecule has 0 saturated carbocycles. The smallest absolute Gasteiger partial charge is 0.115 e. The average Bonchev–Trinajstić information content (AvgIpc) is 2.68. The van der Waals surface area contributed by atoms with E-state index in [2.05, 4.69) is 4.42 Å². The Hall–Kier alpha value is -1.90. The summed E-state index contributed by atoms with van der Waals surface area (Å²) in [6.07, 6.45) is 3.25. The first-order valence-corrected chi connectivity index (χ1v) is 3.74. The zero-order valence-corrected chi connectivity index (χ0v) is 6.92. The molecule has 3 heteroatoms. The highest BCUT2D eigenvalue weighted by Crippen LogP contribution is 2.13. The predicted molar refractivity (Wildman–Crippen MR) is 48.5 cm³/mol. The van der Waals surface area contributed by atoms with E-state index >= 15 is 0 Å². The third-order valence-electron chi connectivity index (χ3n) is 1.28. The first-order chi connectivity index (χ1) is 6.29. The molecule has 1 aromatic carbocycles. The first kappa shape index (κ1) is 9.19. The van der Waals surface area contributed by atoms with Gasteiger partial charge in [0.25, 0.3) is 0 Å². The summed E-state index contributed by atoms with van der Waals surface area (Å²) in [5.74, 6) is 0.339. The molecule has 0 aliphatic heterocycles. The number of phenols is 2. The van der Waals surface area contributed by atoms with Crippen molar-refractivity contribution in [2.45, 2.75) is 0 Å². The van der Waals surface area contributed by atoms with Crippen molar-refractivity contribution in [1.29, 1.82) is 0 Å². The van der Waals surface area contributed by atoms with Gasteiger partial charge in [-0.3, -0.25) is 0 Å². The van der Waals surface area contributed by atoms with Crippen LogP contribution in [-0.4, -0.2) is 10.2 Å². The Balaban J connectivity index is 0.000000145. The van der Waals surface area contributed by atoms with E-state index in [1.807, 2.05) is 12.1 Å². The molecule has 0 fully saturated rings. The van der Waals surface area contributed by atoms with Gasteiger partial charge in [0.1, 0.15) is 11.5 Å². The van der Waals surface area contributed by atoms with Crippen molar-refractivity contribution < 1.29 is 14.6 Å². The lowest BCUT2D eigenvalue weighted by Gasteiger charge is -1.88. The van der Waals surface area contributed by atoms with Gasteiger partial charge in [0.05, 0.1) is 12.5 Å². The van der Waals surface area contributed by atoms with E-state index in [1.165, 1.54) is 24.3 Å². The van der Waals surface area contributed by atoms with Gasteiger partial charge in [0, 0.05) is 0 Å². The SMILES string of the molecule is Oc1ccc(O)cc1.c1ccoc1. The Morgan fingerprint density at radius 3 is 1.38 bits per heavy atom. The maximum atomic E-state index is 8.65. The molecule has 0 saturated heterocycles. The molecule has 1 heterocycles. The van der Waals surface area contributed by atoms with E-state index in [9.17, 15) is 0 Å². The summed E-state index contributed by atoms with van der Waals surface area (Å²) in [7, 11) is 0. The molecule has 0 atom stereocenters. The van der Waals surface area contributed by atoms with Gasteiger partial charge < -0.3 is 14.6 Å². The van der Waals surface area contributed by atoms with E-state index in [0.29, 0.717) is 0 Å². The van der Waals surface area contributed by atoms with Gasteiger partial charge in [-0.1, -0.05) is 0 Å². The Morgan fingerprint density at radius 2 is 1.15 bits per heavy atom. The third-order valence-corrected chi connectivity index (χ3v) is 1.28. The number of hydrogen-bond acceptors (Lipinski definition) is 3. The summed E-state index contributed by atoms with van der Waals surface area (Å²) in [5.41, 5.74) is 0. The molecule has 13 heavy (non-hydrogen) atoms. The van der Waals surface area contributed by atoms with Crippen molar-refractivity contribution in [2.75, 3.05) is 0 Å². The van der Waals surface area contributed by atoms with E-state index in [1.54, 1.807) is 12.5 Å². The van der Waals surface area contributed by atoms with Crippen molar-refractivity contribution in [3.63, 3.8) is 0 Å². The van der Waals surface area contributed by atoms with Crippen LogP contribution in [0.2, 0.25) is 0 Å². The van der Waals surface area contributed by atoms with E-state index in [4.69, 9.17) is 10.2 Å². The normalized spacial score (nSPS) is 8.62. The van der Waals surface area contributed by atoms with Gasteiger partial charge in [-0.05, 0) is 36.4 Å². The van der Waals surface area contributed by atoms with Gasteiger partial charge in [0.2, 0.25) is 0 Å². The molecule has 0 spiro atoms. The monoisotopic (exact) mass is 178 g/mol. The highest BCUT2D eigenvalue weighted by molar-refractivity contribution is 5.28. The Kier molecular flexibility index (Phi) is 3.45. The zero-order chi connectivity index (χ0) is 9.52. The van der Waals surface area contributed by atoms with Crippen molar-refractivity contribution in [2.24, 2.45) is 0 Å². The minimum absolute atomic E-state index is 0.169. The van der Waals surface area contributed by atoms with Gasteiger partial charge in [0.15, 0.2) is 0 Å². The summed E-state index contributed by atoms with van der Waals surface area (Å²) in [5, 5.41) is 17.3. The molecule has 2 rings (SSSR count). The average molecular weight is 178 g/mol. The Labute approximate surface area is 75.9 Å². The van der Waals surface area contributed by atoms with Crippen LogP contribution in [-0.2, 0) is 0 Å². The van der Waals surface area contributed by atoms with Crippen LogP contribution in [0.3, 0.4) is 0 Å². The maximum Gasteiger partial charge on any atom is 0.115 e. The molecule has 0 aliphatic rings. The van der Waals surface area contributed by atoms with Crippen LogP contribution in [0.1, 0.15) is 0 Å². The molecule has 68 valence electrons. The largest absolute Gasteiger partial charge is 0.508 e. The van der Waals surface area contributed by atoms with Gasteiger partial charge in [-0.2, -0.15) is 0 Å². The lowest BCUT2D eigenvalue weighted by atomic mass is 10.3. The van der Waals surface area contributed by atoms with Crippen LogP contribution in [0.25, 0.3) is 0 Å². The molecule has 0 amide bonds. The third kappa shape index (κ3) is 3.86. The van der Waals surface area contributed by atoms with E-state index in [-0.39, 0.29) is 11.5 Å². The standard InChI is InChI=1S/C6H6O2.C4H4O/c7-5-1-2-6(8)4-3-5;1-2-4-5-3-1/h1-4,7-8H;1-4H. The fraction of sp³-hybridized carbons (Fsp3) is 0. The van der Waals surface area contributed by atoms with Crippen LogP contribution in [0.4, 0.5) is 0 Å². The molecular weight excluding hydrogens is 168 g/mol. The van der Waals surface area contributed by atoms with Crippen molar-refractivity contribution in [1.82, 2.24) is 0 Å². The second-order valence-corrected chi connectivity index (χ2v) is 2.31. The second kappa shape index (κ2) is 4.87. The van der Waals surface area contributed by atoms with Crippen LogP contribution >= 0.6 is 0 Å². The molecule has 0 unspecified atom stereocenters. The molecule has 3 nitrogen and oxygen atoms in total. The van der Waals surface area contributed by atoms with Gasteiger partial charge in [-0.25, -0.2) is 0 Å². The highest BCUT2D eigenvalue weighted by Gasteiger charge is 1.84. The van der Waals surface area contributed by atoms with Crippen LogP contribution < -0.4 is 0 Å². The number of aromatic hydroxyl groups is 2. The van der Waals surface area contributed by atoms with Gasteiger partial charge >= 0.3 is 0 Å². The van der Waals surface area contributed by atoms with Crippen LogP contribution in [0.5, 0.6) is 11.5 Å². The number of hydrogen-bond donors (Lipinski definition) is 2. The molecule has 2 aromatic rings. The molecule has 0 radical (unpaired) electrons. The van der Waals surface area contributed by atoms with Crippen molar-refractivity contribution in [3.8, 4) is 11.5 Å². The van der Waals surface area contributed by atoms with Crippen molar-refractivity contribution >= 4 is 0 Å². The second-order valence-electron chi connectivity index (χ2n) is 2.31. The topological polar surface area (TPSA) is 53.6 Å². The fourth-order valence-corrected chi connectivity index (χ4v) is 0.679. The lowest BCUT2D eigenvalue weighted by molar-refractivity contribution is 0.460. The molecule has 0 aliphatic carbocycles. The minimum Gasteiger partial charge on any atom is -0.508 e. The Morgan fingerprint density at radius 1 is 0.769 bits per heavy atom. The molecule has 1 aromatic heterocycles. The number of benzene rings is 1. The minimum atomic E-state index is 0.169. The number of phenolic OH excluding ortho intramolecular Hbond substituents is 2. The summed E-state index contributed by atoms with van der Waals surface area (Å²) >= 11 is 0. The summed E-state index contributed by atoms with van der Waals surface area (Å²) in [6.45, 7) is 0. The number of rotatable bonds is 0. The lowest BCUT2D eigenvalue weighted by Crippen LogP contribution is -1.61. The maximum absolute atomic E-state index is 8.65. The summed E-state index contributed by atoms with van der Waals surface area (Å²) in [6, 6.07) is 9.37. The summed E-state index contributed by atoms with van der Waals surface area (Å²) < 4.78 is 4.58. The van der Waals surface area contributed by atoms with Crippen molar-refractivity contribution in [3.05, 3.63) is 48.9 Å². The van der Waals surface area contributed by atoms with Crippen LogP contribution in [0.15, 0.2) is 53.3 Å². The quantitative estimate of drug-likeness (QED) is 0.609. The van der Waals surface area contributed by atoms with E-state index in [0.717, 1.165) is 0 Å². The Bertz CT molecular complexity index is 272. The predicted octanol–water partition coefficient (Wildman–Crippen LogP) is 2.38. The van der Waals surface area contributed by atoms with Gasteiger partial charge in [-0.15, -0.1) is 0 Å². The first-order valence-electron chi connectivity index (χ1n) is 3.74. The summed E-state index contributed by atoms with van der Waals surface area (Å²) in [4.78, 5) is 0. The fourth-order valence-electron chi connectivity index (χ4n) is 0.679. The molecule has 0 bridgehead atoms. The van der Waals surface area contributed by atoms with E-state index < -0.39 is 0 Å². The highest BCUT2D eigenvalue weighted by atomic mass is 16.3. The number of furan rings is 1.